The van der Waals surface area contributed by atoms with E-state index in [1.807, 2.05) is 0 Å². The SMILES string of the molecule is CC(=O)O[C@@H]1[C@@H](OC(C)=O)[C@@H](OC(=N)C(Cl)(Cl)Cl)OC[C@@H]1OC(C)=O. The topological polar surface area (TPSA) is 121 Å². The van der Waals surface area contributed by atoms with E-state index in [9.17, 15) is 14.4 Å². The summed E-state index contributed by atoms with van der Waals surface area (Å²) in [4.78, 5) is 34.0. The van der Waals surface area contributed by atoms with E-state index in [0.29, 0.717) is 0 Å². The van der Waals surface area contributed by atoms with Gasteiger partial charge < -0.3 is 23.7 Å². The molecule has 9 nitrogen and oxygen atoms in total. The Bertz CT molecular complexity index is 550. The van der Waals surface area contributed by atoms with Crippen molar-refractivity contribution in [1.29, 1.82) is 5.41 Å². The van der Waals surface area contributed by atoms with Crippen LogP contribution < -0.4 is 0 Å². The Labute approximate surface area is 158 Å². The highest BCUT2D eigenvalue weighted by Gasteiger charge is 2.49. The fourth-order valence-corrected chi connectivity index (χ4v) is 2.13. The third kappa shape index (κ3) is 6.85. The van der Waals surface area contributed by atoms with E-state index in [0.717, 1.165) is 20.8 Å². The molecule has 0 aromatic rings. The van der Waals surface area contributed by atoms with Crippen LogP contribution in [0.5, 0.6) is 0 Å². The van der Waals surface area contributed by atoms with Crippen LogP contribution in [0.15, 0.2) is 0 Å². The summed E-state index contributed by atoms with van der Waals surface area (Å²) >= 11 is 16.6. The molecule has 1 aliphatic heterocycles. The molecule has 0 amide bonds. The summed E-state index contributed by atoms with van der Waals surface area (Å²) in [6.45, 7) is 3.09. The number of halogens is 3. The van der Waals surface area contributed by atoms with Gasteiger partial charge in [-0.3, -0.25) is 19.8 Å². The average molecular weight is 421 g/mol. The summed E-state index contributed by atoms with van der Waals surface area (Å²) in [5, 5.41) is 7.59. The average Bonchev–Trinajstić information content (AvgIpc) is 2.42. The largest absolute Gasteiger partial charge is 0.456 e. The maximum Gasteiger partial charge on any atom is 0.303 e. The number of ether oxygens (including phenoxy) is 5. The van der Waals surface area contributed by atoms with Gasteiger partial charge in [0.25, 0.3) is 3.79 Å². The Kier molecular flexibility index (Phi) is 7.73. The first kappa shape index (κ1) is 21.8. The molecule has 0 bridgehead atoms. The van der Waals surface area contributed by atoms with E-state index in [1.54, 1.807) is 0 Å². The zero-order valence-electron chi connectivity index (χ0n) is 13.4. The number of nitrogens with one attached hydrogen (secondary N) is 1. The third-order valence-electron chi connectivity index (χ3n) is 2.80. The summed E-state index contributed by atoms with van der Waals surface area (Å²) in [6.07, 6.45) is -5.10. The van der Waals surface area contributed by atoms with Crippen LogP contribution in [-0.4, -0.2) is 58.8 Å². The molecule has 0 spiro atoms. The van der Waals surface area contributed by atoms with Crippen molar-refractivity contribution >= 4 is 58.6 Å². The normalized spacial score (nSPS) is 26.3. The van der Waals surface area contributed by atoms with E-state index in [2.05, 4.69) is 0 Å². The Morgan fingerprint density at radius 2 is 1.40 bits per heavy atom. The summed E-state index contributed by atoms with van der Waals surface area (Å²) < 4.78 is 23.4. The minimum absolute atomic E-state index is 0.271. The molecule has 0 saturated carbocycles. The molecule has 4 atom stereocenters. The highest BCUT2D eigenvalue weighted by Crippen LogP contribution is 2.31. The Balaban J connectivity index is 3.09. The second-order valence-electron chi connectivity index (χ2n) is 4.94. The first-order chi connectivity index (χ1) is 11.4. The van der Waals surface area contributed by atoms with Crippen molar-refractivity contribution in [3.05, 3.63) is 0 Å². The van der Waals surface area contributed by atoms with E-state index in [4.69, 9.17) is 63.9 Å². The fourth-order valence-electron chi connectivity index (χ4n) is 1.99. The van der Waals surface area contributed by atoms with Crippen molar-refractivity contribution in [2.24, 2.45) is 0 Å². The van der Waals surface area contributed by atoms with Crippen LogP contribution >= 0.6 is 34.8 Å². The molecule has 1 aliphatic rings. The van der Waals surface area contributed by atoms with Gasteiger partial charge in [-0.25, -0.2) is 0 Å². The van der Waals surface area contributed by atoms with Crippen molar-refractivity contribution in [3.63, 3.8) is 0 Å². The highest BCUT2D eigenvalue weighted by atomic mass is 35.6. The molecule has 12 heteroatoms. The lowest BCUT2D eigenvalue weighted by molar-refractivity contribution is -0.263. The van der Waals surface area contributed by atoms with Crippen LogP contribution in [0.2, 0.25) is 0 Å². The first-order valence-electron chi connectivity index (χ1n) is 6.87. The van der Waals surface area contributed by atoms with Gasteiger partial charge in [-0.15, -0.1) is 0 Å². The number of carbonyl (C=O) groups is 3. The number of hydrogen-bond donors (Lipinski definition) is 1. The molecular weight excluding hydrogens is 405 g/mol. The molecule has 1 saturated heterocycles. The van der Waals surface area contributed by atoms with Crippen LogP contribution in [-0.2, 0) is 38.1 Å². The van der Waals surface area contributed by atoms with Crippen molar-refractivity contribution < 1.29 is 38.1 Å². The van der Waals surface area contributed by atoms with Crippen molar-refractivity contribution in [2.45, 2.75) is 49.2 Å². The first-order valence-corrected chi connectivity index (χ1v) is 8.01. The molecule has 0 aliphatic carbocycles. The third-order valence-corrected chi connectivity index (χ3v) is 3.31. The molecule has 1 heterocycles. The maximum absolute atomic E-state index is 11.4. The van der Waals surface area contributed by atoms with Gasteiger partial charge in [-0.1, -0.05) is 34.8 Å². The molecule has 0 unspecified atom stereocenters. The smallest absolute Gasteiger partial charge is 0.303 e. The molecule has 1 rings (SSSR count). The van der Waals surface area contributed by atoms with Gasteiger partial charge in [-0.05, 0) is 0 Å². The monoisotopic (exact) mass is 419 g/mol. The van der Waals surface area contributed by atoms with Crippen molar-refractivity contribution in [1.82, 2.24) is 0 Å². The zero-order chi connectivity index (χ0) is 19.4. The summed E-state index contributed by atoms with van der Waals surface area (Å²) in [5.41, 5.74) is 0. The molecule has 0 radical (unpaired) electrons. The van der Waals surface area contributed by atoms with E-state index >= 15 is 0 Å². The van der Waals surface area contributed by atoms with Gasteiger partial charge in [0.2, 0.25) is 18.3 Å². The summed E-state index contributed by atoms with van der Waals surface area (Å²) in [5.74, 6) is -2.95. The van der Waals surface area contributed by atoms with Crippen LogP contribution in [0.4, 0.5) is 0 Å². The molecule has 25 heavy (non-hydrogen) atoms. The highest BCUT2D eigenvalue weighted by molar-refractivity contribution is 6.76. The van der Waals surface area contributed by atoms with Gasteiger partial charge in [0, 0.05) is 20.8 Å². The van der Waals surface area contributed by atoms with Gasteiger partial charge in [0.15, 0.2) is 12.2 Å². The number of carbonyl (C=O) groups excluding carboxylic acids is 3. The second kappa shape index (κ2) is 8.88. The molecule has 142 valence electrons. The van der Waals surface area contributed by atoms with Crippen LogP contribution in [0, 0.1) is 5.41 Å². The quantitative estimate of drug-likeness (QED) is 0.239. The minimum Gasteiger partial charge on any atom is -0.456 e. The van der Waals surface area contributed by atoms with Crippen LogP contribution in [0.1, 0.15) is 20.8 Å². The van der Waals surface area contributed by atoms with Gasteiger partial charge in [0.1, 0.15) is 0 Å². The summed E-state index contributed by atoms with van der Waals surface area (Å²) in [7, 11) is 0. The van der Waals surface area contributed by atoms with Gasteiger partial charge in [-0.2, -0.15) is 0 Å². The number of rotatable bonds is 4. The lowest BCUT2D eigenvalue weighted by atomic mass is 10.0. The Morgan fingerprint density at radius 3 is 1.84 bits per heavy atom. The van der Waals surface area contributed by atoms with E-state index in [1.165, 1.54) is 0 Å². The number of hydrogen-bond acceptors (Lipinski definition) is 9. The number of alkyl halides is 3. The molecular formula is C13H16Cl3NO8. The fraction of sp³-hybridized carbons (Fsp3) is 0.692. The minimum atomic E-state index is -2.19. The summed E-state index contributed by atoms with van der Waals surface area (Å²) in [6, 6.07) is 0. The van der Waals surface area contributed by atoms with E-state index in [-0.39, 0.29) is 6.61 Å². The Hall–Kier alpha value is -1.29. The lowest BCUT2D eigenvalue weighted by Crippen LogP contribution is -2.58. The van der Waals surface area contributed by atoms with Gasteiger partial charge in [0.05, 0.1) is 6.61 Å². The second-order valence-corrected chi connectivity index (χ2v) is 7.22. The van der Waals surface area contributed by atoms with Crippen molar-refractivity contribution in [3.8, 4) is 0 Å². The van der Waals surface area contributed by atoms with Crippen LogP contribution in [0.3, 0.4) is 0 Å². The molecule has 0 aromatic carbocycles. The van der Waals surface area contributed by atoms with Crippen molar-refractivity contribution in [2.75, 3.05) is 6.61 Å². The van der Waals surface area contributed by atoms with E-state index < -0.39 is 52.2 Å². The maximum atomic E-state index is 11.4. The standard InChI is InChI=1S/C13H16Cl3NO8/c1-5(18)22-8-4-21-11(25-12(17)13(14,15)16)10(24-7(3)20)9(8)23-6(2)19/h8-11,17H,4H2,1-3H3/t8-,9-,10+,11+/m0/s1. The zero-order valence-corrected chi connectivity index (χ0v) is 15.7. The molecule has 0 aromatic heterocycles. The predicted octanol–water partition coefficient (Wildman–Crippen LogP) is 1.50. The molecule has 1 fully saturated rings. The number of esters is 3. The predicted molar refractivity (Wildman–Crippen MR) is 85.5 cm³/mol. The van der Waals surface area contributed by atoms with Gasteiger partial charge >= 0.3 is 17.9 Å². The molecule has 1 N–H and O–H groups in total. The Morgan fingerprint density at radius 1 is 0.920 bits per heavy atom. The lowest BCUT2D eigenvalue weighted by Gasteiger charge is -2.40. The van der Waals surface area contributed by atoms with Crippen LogP contribution in [0.25, 0.3) is 0 Å².